The molecule has 2 aliphatic carbocycles. The number of hydrogen-bond donors (Lipinski definition) is 0. The highest BCUT2D eigenvalue weighted by atomic mass is 19.1. The molecule has 0 spiro atoms. The Bertz CT molecular complexity index is 608. The molecular formula is C25H35F3. The zero-order valence-corrected chi connectivity index (χ0v) is 17.0. The highest BCUT2D eigenvalue weighted by molar-refractivity contribution is 5.24. The molecule has 3 rings (SSSR count). The number of allylic oxidation sites excluding steroid dienone is 2. The third-order valence-electron chi connectivity index (χ3n) is 7.16. The largest absolute Gasteiger partial charge is 0.251 e. The monoisotopic (exact) mass is 392 g/mol. The van der Waals surface area contributed by atoms with Crippen molar-refractivity contribution in [1.82, 2.24) is 0 Å². The Kier molecular flexibility index (Phi) is 8.48. The topological polar surface area (TPSA) is 0 Å². The van der Waals surface area contributed by atoms with Gasteiger partial charge in [-0.05, 0) is 93.1 Å². The van der Waals surface area contributed by atoms with Gasteiger partial charge in [0.05, 0.1) is 6.67 Å². The van der Waals surface area contributed by atoms with Crippen LogP contribution in [0.15, 0.2) is 30.4 Å². The summed E-state index contributed by atoms with van der Waals surface area (Å²) in [5, 5.41) is 0. The molecule has 0 heterocycles. The van der Waals surface area contributed by atoms with Crippen LogP contribution in [-0.4, -0.2) is 6.67 Å². The average molecular weight is 393 g/mol. The second-order valence-corrected chi connectivity index (χ2v) is 8.96. The molecule has 2 fully saturated rings. The van der Waals surface area contributed by atoms with E-state index >= 15 is 0 Å². The van der Waals surface area contributed by atoms with Crippen LogP contribution >= 0.6 is 0 Å². The molecule has 2 aliphatic rings. The molecule has 1 aromatic carbocycles. The molecule has 3 heteroatoms. The summed E-state index contributed by atoms with van der Waals surface area (Å²) >= 11 is 0. The summed E-state index contributed by atoms with van der Waals surface area (Å²) in [5.74, 6) is 2.78. The maximum atomic E-state index is 13.7. The Hall–Kier alpha value is -1.25. The molecule has 0 amide bonds. The van der Waals surface area contributed by atoms with Gasteiger partial charge in [-0.3, -0.25) is 4.39 Å². The first-order chi connectivity index (χ1) is 13.7. The van der Waals surface area contributed by atoms with E-state index in [1.807, 2.05) is 12.1 Å². The number of alkyl halides is 2. The highest BCUT2D eigenvalue weighted by Crippen LogP contribution is 2.42. The molecule has 0 unspecified atom stereocenters. The summed E-state index contributed by atoms with van der Waals surface area (Å²) in [5.41, 5.74) is 1.16. The van der Waals surface area contributed by atoms with E-state index < -0.39 is 12.5 Å². The van der Waals surface area contributed by atoms with Gasteiger partial charge >= 0.3 is 0 Å². The summed E-state index contributed by atoms with van der Waals surface area (Å²) in [6, 6.07) is 4.98. The summed E-state index contributed by atoms with van der Waals surface area (Å²) in [6.45, 7) is -0.973. The van der Waals surface area contributed by atoms with Gasteiger partial charge in [0.25, 0.3) is 0 Å². The van der Waals surface area contributed by atoms with Crippen LogP contribution in [0.5, 0.6) is 0 Å². The molecule has 0 radical (unpaired) electrons. The van der Waals surface area contributed by atoms with Crippen LogP contribution < -0.4 is 0 Å². The molecule has 0 saturated heterocycles. The van der Waals surface area contributed by atoms with Crippen LogP contribution in [0.3, 0.4) is 0 Å². The molecule has 0 bridgehead atoms. The van der Waals surface area contributed by atoms with Crippen molar-refractivity contribution in [2.75, 3.05) is 6.67 Å². The summed E-state index contributed by atoms with van der Waals surface area (Å²) in [4.78, 5) is 0. The molecule has 0 nitrogen and oxygen atoms in total. The minimum absolute atomic E-state index is 0.164. The normalized spacial score (nSPS) is 28.7. The molecule has 0 aromatic heterocycles. The lowest BCUT2D eigenvalue weighted by Crippen LogP contribution is -2.25. The van der Waals surface area contributed by atoms with Gasteiger partial charge in [0, 0.05) is 5.56 Å². The SMILES string of the molecule is FCCC=C[C@H]1CC[C@H]([C@H]2CC[C@H](CCc3ccc(CF)c(F)c3)CC2)CC1. The van der Waals surface area contributed by atoms with E-state index in [0.29, 0.717) is 12.3 Å². The van der Waals surface area contributed by atoms with Crippen molar-refractivity contribution < 1.29 is 13.2 Å². The fourth-order valence-corrected chi connectivity index (χ4v) is 5.33. The van der Waals surface area contributed by atoms with Crippen molar-refractivity contribution >= 4 is 0 Å². The predicted octanol–water partition coefficient (Wildman–Crippen LogP) is 7.76. The standard InChI is InChI=1S/C25H35F3/c26-16-2-1-3-19-6-11-22(12-7-19)23-13-8-20(9-14-23)4-5-21-10-15-24(18-27)25(28)17-21/h1,3,10,15,17,19-20,22-23H,2,4-9,11-14,16,18H2/t19-,20-,22-,23-. The first kappa shape index (κ1) is 21.5. The van der Waals surface area contributed by atoms with Gasteiger partial charge in [-0.15, -0.1) is 0 Å². The molecule has 1 aromatic rings. The minimum Gasteiger partial charge on any atom is -0.251 e. The molecule has 0 aliphatic heterocycles. The number of rotatable bonds is 8. The smallest absolute Gasteiger partial charge is 0.129 e. The lowest BCUT2D eigenvalue weighted by Gasteiger charge is -2.37. The van der Waals surface area contributed by atoms with Gasteiger partial charge in [-0.25, -0.2) is 8.78 Å². The molecular weight excluding hydrogens is 357 g/mol. The lowest BCUT2D eigenvalue weighted by atomic mass is 9.68. The van der Waals surface area contributed by atoms with E-state index in [4.69, 9.17) is 0 Å². The molecule has 0 atom stereocenters. The van der Waals surface area contributed by atoms with E-state index in [-0.39, 0.29) is 12.2 Å². The maximum absolute atomic E-state index is 13.7. The molecule has 0 N–H and O–H groups in total. The Morgan fingerprint density at radius 2 is 1.57 bits per heavy atom. The van der Waals surface area contributed by atoms with Gasteiger partial charge in [0.15, 0.2) is 0 Å². The Morgan fingerprint density at radius 3 is 2.18 bits per heavy atom. The van der Waals surface area contributed by atoms with Gasteiger partial charge in [0.1, 0.15) is 12.5 Å². The van der Waals surface area contributed by atoms with Gasteiger partial charge < -0.3 is 0 Å². The molecule has 28 heavy (non-hydrogen) atoms. The third kappa shape index (κ3) is 6.12. The maximum Gasteiger partial charge on any atom is 0.129 e. The fraction of sp³-hybridized carbons (Fsp3) is 0.680. The zero-order chi connectivity index (χ0) is 19.8. The first-order valence-corrected chi connectivity index (χ1v) is 11.3. The van der Waals surface area contributed by atoms with E-state index in [1.54, 1.807) is 6.07 Å². The average Bonchev–Trinajstić information content (AvgIpc) is 2.73. The summed E-state index contributed by atoms with van der Waals surface area (Å²) < 4.78 is 38.5. The Morgan fingerprint density at radius 1 is 0.893 bits per heavy atom. The van der Waals surface area contributed by atoms with Crippen LogP contribution in [0.4, 0.5) is 13.2 Å². The van der Waals surface area contributed by atoms with Crippen molar-refractivity contribution in [3.8, 4) is 0 Å². The second kappa shape index (κ2) is 11.1. The van der Waals surface area contributed by atoms with Crippen LogP contribution in [0.1, 0.15) is 75.3 Å². The fourth-order valence-electron chi connectivity index (χ4n) is 5.33. The summed E-state index contributed by atoms with van der Waals surface area (Å²) in [7, 11) is 0. The Labute approximate surface area is 168 Å². The number of halogens is 3. The van der Waals surface area contributed by atoms with E-state index in [9.17, 15) is 13.2 Å². The number of aryl methyl sites for hydroxylation is 1. The summed E-state index contributed by atoms with van der Waals surface area (Å²) in [6.07, 6.45) is 17.3. The van der Waals surface area contributed by atoms with Crippen LogP contribution in [0.25, 0.3) is 0 Å². The third-order valence-corrected chi connectivity index (χ3v) is 7.16. The van der Waals surface area contributed by atoms with Gasteiger partial charge in [0.2, 0.25) is 0 Å². The highest BCUT2D eigenvalue weighted by Gasteiger charge is 2.30. The van der Waals surface area contributed by atoms with Crippen LogP contribution in [0.2, 0.25) is 0 Å². The quantitative estimate of drug-likeness (QED) is 0.397. The molecule has 156 valence electrons. The van der Waals surface area contributed by atoms with Gasteiger partial charge in [-0.2, -0.15) is 0 Å². The van der Waals surface area contributed by atoms with E-state index in [1.165, 1.54) is 57.4 Å². The predicted molar refractivity (Wildman–Crippen MR) is 110 cm³/mol. The zero-order valence-electron chi connectivity index (χ0n) is 17.0. The van der Waals surface area contributed by atoms with E-state index in [0.717, 1.165) is 36.2 Å². The van der Waals surface area contributed by atoms with Crippen LogP contribution in [0, 0.1) is 29.5 Å². The lowest BCUT2D eigenvalue weighted by molar-refractivity contribution is 0.152. The van der Waals surface area contributed by atoms with Crippen molar-refractivity contribution in [1.29, 1.82) is 0 Å². The van der Waals surface area contributed by atoms with E-state index in [2.05, 4.69) is 6.08 Å². The Balaban J connectivity index is 1.36. The second-order valence-electron chi connectivity index (χ2n) is 8.96. The minimum atomic E-state index is -0.730. The van der Waals surface area contributed by atoms with Crippen LogP contribution in [-0.2, 0) is 13.1 Å². The van der Waals surface area contributed by atoms with Crippen molar-refractivity contribution in [3.63, 3.8) is 0 Å². The number of benzene rings is 1. The number of hydrogen-bond acceptors (Lipinski definition) is 0. The van der Waals surface area contributed by atoms with Crippen molar-refractivity contribution in [3.05, 3.63) is 47.3 Å². The molecule has 2 saturated carbocycles. The first-order valence-electron chi connectivity index (χ1n) is 11.3. The van der Waals surface area contributed by atoms with Crippen molar-refractivity contribution in [2.45, 2.75) is 77.3 Å². The van der Waals surface area contributed by atoms with Crippen molar-refractivity contribution in [2.24, 2.45) is 23.7 Å². The van der Waals surface area contributed by atoms with Gasteiger partial charge in [-0.1, -0.05) is 37.1 Å².